The van der Waals surface area contributed by atoms with Crippen molar-refractivity contribution in [1.29, 1.82) is 0 Å². The van der Waals surface area contributed by atoms with Gasteiger partial charge < -0.3 is 9.80 Å². The molecule has 0 aliphatic carbocycles. The predicted octanol–water partition coefficient (Wildman–Crippen LogP) is 3.69. The highest BCUT2D eigenvalue weighted by molar-refractivity contribution is 6.35. The topological polar surface area (TPSA) is 23.6 Å². The van der Waals surface area contributed by atoms with E-state index in [1.165, 1.54) is 0 Å². The maximum Gasteiger partial charge on any atom is 0.225 e. The van der Waals surface area contributed by atoms with E-state index in [-0.39, 0.29) is 11.8 Å². The Hall–Kier alpha value is -0.930. The molecule has 0 N–H and O–H groups in total. The second-order valence-corrected chi connectivity index (χ2v) is 6.12. The lowest BCUT2D eigenvalue weighted by Gasteiger charge is -2.37. The van der Waals surface area contributed by atoms with Gasteiger partial charge in [-0.1, -0.05) is 37.0 Å². The van der Waals surface area contributed by atoms with Gasteiger partial charge in [0.05, 0.1) is 0 Å². The molecule has 0 spiro atoms. The summed E-state index contributed by atoms with van der Waals surface area (Å²) < 4.78 is 0. The highest BCUT2D eigenvalue weighted by Crippen LogP contribution is 2.26. The summed E-state index contributed by atoms with van der Waals surface area (Å²) in [6.07, 6.45) is 0.892. The van der Waals surface area contributed by atoms with Gasteiger partial charge in [0.25, 0.3) is 0 Å². The van der Waals surface area contributed by atoms with Gasteiger partial charge in [-0.3, -0.25) is 4.79 Å². The molecule has 0 radical (unpaired) electrons. The van der Waals surface area contributed by atoms with Crippen LogP contribution in [0.25, 0.3) is 0 Å². The van der Waals surface area contributed by atoms with Crippen molar-refractivity contribution in [3.8, 4) is 0 Å². The first-order chi connectivity index (χ1) is 9.51. The number of piperazine rings is 1. The van der Waals surface area contributed by atoms with E-state index in [2.05, 4.69) is 4.90 Å². The average Bonchev–Trinajstić information content (AvgIpc) is 2.45. The standard InChI is InChI=1S/C15H20Cl2N2O/c1-3-11(2)15(20)19-6-4-18(5-7-19)14-9-12(16)8-13(17)10-14/h8-11H,3-7H2,1-2H3. The number of hydrogen-bond acceptors (Lipinski definition) is 2. The van der Waals surface area contributed by atoms with Crippen LogP contribution in [0, 0.1) is 5.92 Å². The first-order valence-corrected chi connectivity index (χ1v) is 7.76. The van der Waals surface area contributed by atoms with Crippen molar-refractivity contribution in [1.82, 2.24) is 4.90 Å². The van der Waals surface area contributed by atoms with Crippen molar-refractivity contribution in [2.24, 2.45) is 5.92 Å². The summed E-state index contributed by atoms with van der Waals surface area (Å²) in [5, 5.41) is 1.29. The minimum Gasteiger partial charge on any atom is -0.368 e. The van der Waals surface area contributed by atoms with Gasteiger partial charge in [0.2, 0.25) is 5.91 Å². The van der Waals surface area contributed by atoms with Crippen LogP contribution in [0.4, 0.5) is 5.69 Å². The van der Waals surface area contributed by atoms with E-state index in [4.69, 9.17) is 23.2 Å². The molecule has 0 bridgehead atoms. The summed E-state index contributed by atoms with van der Waals surface area (Å²) in [6, 6.07) is 5.56. The number of carbonyl (C=O) groups excluding carboxylic acids is 1. The van der Waals surface area contributed by atoms with Gasteiger partial charge >= 0.3 is 0 Å². The number of halogens is 2. The molecule has 3 nitrogen and oxygen atoms in total. The quantitative estimate of drug-likeness (QED) is 0.849. The molecule has 1 fully saturated rings. The first kappa shape index (κ1) is 15.5. The Labute approximate surface area is 130 Å². The smallest absolute Gasteiger partial charge is 0.225 e. The molecule has 2 rings (SSSR count). The molecule has 0 aromatic heterocycles. The van der Waals surface area contributed by atoms with E-state index in [1.807, 2.05) is 30.9 Å². The highest BCUT2D eigenvalue weighted by Gasteiger charge is 2.24. The van der Waals surface area contributed by atoms with Crippen molar-refractivity contribution in [2.45, 2.75) is 20.3 Å². The van der Waals surface area contributed by atoms with Crippen LogP contribution in [0.1, 0.15) is 20.3 Å². The van der Waals surface area contributed by atoms with Crippen LogP contribution in [0.15, 0.2) is 18.2 Å². The molecule has 1 atom stereocenters. The lowest BCUT2D eigenvalue weighted by molar-refractivity contribution is -0.135. The van der Waals surface area contributed by atoms with Crippen molar-refractivity contribution < 1.29 is 4.79 Å². The SMILES string of the molecule is CCC(C)C(=O)N1CCN(c2cc(Cl)cc(Cl)c2)CC1. The van der Waals surface area contributed by atoms with Crippen LogP contribution in [0.3, 0.4) is 0 Å². The lowest BCUT2D eigenvalue weighted by Crippen LogP contribution is -2.50. The lowest BCUT2D eigenvalue weighted by atomic mass is 10.1. The number of anilines is 1. The maximum atomic E-state index is 12.1. The molecule has 1 aromatic carbocycles. The Bertz CT molecular complexity index is 465. The Morgan fingerprint density at radius 1 is 1.15 bits per heavy atom. The minimum absolute atomic E-state index is 0.113. The summed E-state index contributed by atoms with van der Waals surface area (Å²) in [5.74, 6) is 0.374. The first-order valence-electron chi connectivity index (χ1n) is 7.01. The minimum atomic E-state index is 0.113. The zero-order valence-electron chi connectivity index (χ0n) is 11.9. The van der Waals surface area contributed by atoms with E-state index in [0.717, 1.165) is 38.3 Å². The van der Waals surface area contributed by atoms with Crippen molar-refractivity contribution in [3.63, 3.8) is 0 Å². The number of nitrogens with zero attached hydrogens (tertiary/aromatic N) is 2. The van der Waals surface area contributed by atoms with Gasteiger partial charge in [-0.05, 0) is 24.6 Å². The third kappa shape index (κ3) is 3.58. The van der Waals surface area contributed by atoms with Gasteiger partial charge in [-0.15, -0.1) is 0 Å². The summed E-state index contributed by atoms with van der Waals surface area (Å²) in [4.78, 5) is 16.3. The predicted molar refractivity (Wildman–Crippen MR) is 84.7 cm³/mol. The largest absolute Gasteiger partial charge is 0.368 e. The fourth-order valence-corrected chi connectivity index (χ4v) is 2.91. The molecule has 1 saturated heterocycles. The van der Waals surface area contributed by atoms with E-state index < -0.39 is 0 Å². The molecule has 20 heavy (non-hydrogen) atoms. The monoisotopic (exact) mass is 314 g/mol. The Kier molecular flexibility index (Phi) is 5.17. The van der Waals surface area contributed by atoms with Gasteiger partial charge in [-0.2, -0.15) is 0 Å². The number of amides is 1. The summed E-state index contributed by atoms with van der Waals surface area (Å²) >= 11 is 12.1. The van der Waals surface area contributed by atoms with Crippen LogP contribution in [-0.2, 0) is 4.79 Å². The molecule has 0 saturated carbocycles. The Morgan fingerprint density at radius 3 is 2.20 bits per heavy atom. The fourth-order valence-electron chi connectivity index (χ4n) is 2.39. The van der Waals surface area contributed by atoms with Gasteiger partial charge in [0, 0.05) is 47.8 Å². The van der Waals surface area contributed by atoms with Crippen LogP contribution < -0.4 is 4.90 Å². The third-order valence-electron chi connectivity index (χ3n) is 3.84. The van der Waals surface area contributed by atoms with E-state index in [0.29, 0.717) is 10.0 Å². The summed E-state index contributed by atoms with van der Waals surface area (Å²) in [7, 11) is 0. The molecule has 5 heteroatoms. The van der Waals surface area contributed by atoms with Crippen molar-refractivity contribution in [2.75, 3.05) is 31.1 Å². The normalized spacial score (nSPS) is 17.2. The molecule has 1 amide bonds. The number of rotatable bonds is 3. The molecule has 1 aliphatic heterocycles. The molecular formula is C15H20Cl2N2O. The molecule has 110 valence electrons. The summed E-state index contributed by atoms with van der Waals surface area (Å²) in [5.41, 5.74) is 1.03. The molecule has 1 unspecified atom stereocenters. The van der Waals surface area contributed by atoms with Gasteiger partial charge in [0.1, 0.15) is 0 Å². The third-order valence-corrected chi connectivity index (χ3v) is 4.27. The van der Waals surface area contributed by atoms with Gasteiger partial charge in [-0.25, -0.2) is 0 Å². The molecule has 1 heterocycles. The van der Waals surface area contributed by atoms with Crippen LogP contribution in [0.5, 0.6) is 0 Å². The van der Waals surface area contributed by atoms with Crippen LogP contribution in [-0.4, -0.2) is 37.0 Å². The van der Waals surface area contributed by atoms with E-state index >= 15 is 0 Å². The van der Waals surface area contributed by atoms with Gasteiger partial charge in [0.15, 0.2) is 0 Å². The van der Waals surface area contributed by atoms with E-state index in [1.54, 1.807) is 6.07 Å². The summed E-state index contributed by atoms with van der Waals surface area (Å²) in [6.45, 7) is 7.19. The zero-order valence-corrected chi connectivity index (χ0v) is 13.4. The van der Waals surface area contributed by atoms with Crippen LogP contribution >= 0.6 is 23.2 Å². The molecule has 1 aromatic rings. The fraction of sp³-hybridized carbons (Fsp3) is 0.533. The molecule has 1 aliphatic rings. The Balaban J connectivity index is 1.99. The maximum absolute atomic E-state index is 12.1. The van der Waals surface area contributed by atoms with E-state index in [9.17, 15) is 4.79 Å². The number of hydrogen-bond donors (Lipinski definition) is 0. The van der Waals surface area contributed by atoms with Crippen LogP contribution in [0.2, 0.25) is 10.0 Å². The molecular weight excluding hydrogens is 295 g/mol. The van der Waals surface area contributed by atoms with Crippen molar-refractivity contribution >= 4 is 34.8 Å². The highest BCUT2D eigenvalue weighted by atomic mass is 35.5. The number of carbonyl (C=O) groups is 1. The zero-order chi connectivity index (χ0) is 14.7. The Morgan fingerprint density at radius 2 is 1.70 bits per heavy atom. The number of benzene rings is 1. The average molecular weight is 315 g/mol. The second kappa shape index (κ2) is 6.68. The van der Waals surface area contributed by atoms with Crippen molar-refractivity contribution in [3.05, 3.63) is 28.2 Å². The second-order valence-electron chi connectivity index (χ2n) is 5.25.